The average Bonchev–Trinajstić information content (AvgIpc) is 2.37. The average molecular weight is 140 g/mol. The van der Waals surface area contributed by atoms with E-state index in [0.29, 0.717) is 0 Å². The Hall–Kier alpha value is -0.500. The topological polar surface area (TPSA) is 15.3 Å². The van der Waals surface area contributed by atoms with E-state index >= 15 is 0 Å². The van der Waals surface area contributed by atoms with Crippen molar-refractivity contribution in [3.8, 4) is 0 Å². The van der Waals surface area contributed by atoms with Gasteiger partial charge in [-0.15, -0.1) is 0 Å². The van der Waals surface area contributed by atoms with Gasteiger partial charge in [-0.25, -0.2) is 0 Å². The standard InChI is InChI=1S/C8H16N2/c1-3-10-5-4-8(7-10)6-9-2/h3,8-9H,1,4-7H2,2H3. The zero-order chi connectivity index (χ0) is 7.40. The summed E-state index contributed by atoms with van der Waals surface area (Å²) in [6.07, 6.45) is 3.25. The van der Waals surface area contributed by atoms with Gasteiger partial charge in [0.25, 0.3) is 0 Å². The lowest BCUT2D eigenvalue weighted by Gasteiger charge is -2.11. The Bertz CT molecular complexity index is 112. The highest BCUT2D eigenvalue weighted by Crippen LogP contribution is 2.14. The van der Waals surface area contributed by atoms with Crippen LogP contribution in [0.15, 0.2) is 12.8 Å². The van der Waals surface area contributed by atoms with Crippen LogP contribution >= 0.6 is 0 Å². The van der Waals surface area contributed by atoms with Crippen molar-refractivity contribution < 1.29 is 0 Å². The van der Waals surface area contributed by atoms with Crippen LogP contribution in [0.3, 0.4) is 0 Å². The van der Waals surface area contributed by atoms with E-state index in [0.717, 1.165) is 12.5 Å². The third kappa shape index (κ3) is 1.74. The lowest BCUT2D eigenvalue weighted by molar-refractivity contribution is 0.433. The van der Waals surface area contributed by atoms with Crippen molar-refractivity contribution in [3.63, 3.8) is 0 Å². The van der Waals surface area contributed by atoms with Gasteiger partial charge in [-0.05, 0) is 32.1 Å². The SMILES string of the molecule is C=CN1CCC(CNC)C1. The van der Waals surface area contributed by atoms with Crippen molar-refractivity contribution >= 4 is 0 Å². The summed E-state index contributed by atoms with van der Waals surface area (Å²) in [5.41, 5.74) is 0. The molecule has 0 spiro atoms. The van der Waals surface area contributed by atoms with Gasteiger partial charge in [-0.2, -0.15) is 0 Å². The van der Waals surface area contributed by atoms with Crippen LogP contribution in [0.4, 0.5) is 0 Å². The molecule has 1 aliphatic rings. The molecular formula is C8H16N2. The van der Waals surface area contributed by atoms with Crippen LogP contribution in [-0.4, -0.2) is 31.6 Å². The zero-order valence-corrected chi connectivity index (χ0v) is 6.64. The highest BCUT2D eigenvalue weighted by atomic mass is 15.1. The number of rotatable bonds is 3. The maximum atomic E-state index is 3.74. The van der Waals surface area contributed by atoms with E-state index in [1.807, 2.05) is 13.2 Å². The summed E-state index contributed by atoms with van der Waals surface area (Å²) >= 11 is 0. The minimum absolute atomic E-state index is 0.836. The van der Waals surface area contributed by atoms with E-state index in [9.17, 15) is 0 Å². The predicted octanol–water partition coefficient (Wildman–Crippen LogP) is 0.671. The Morgan fingerprint density at radius 1 is 1.80 bits per heavy atom. The Labute approximate surface area is 62.9 Å². The molecule has 0 aliphatic carbocycles. The van der Waals surface area contributed by atoms with E-state index in [4.69, 9.17) is 0 Å². The molecule has 0 aromatic carbocycles. The number of nitrogens with one attached hydrogen (secondary N) is 1. The monoisotopic (exact) mass is 140 g/mol. The van der Waals surface area contributed by atoms with Crippen LogP contribution in [-0.2, 0) is 0 Å². The maximum Gasteiger partial charge on any atom is 0.0213 e. The first kappa shape index (κ1) is 7.61. The molecule has 0 aromatic rings. The van der Waals surface area contributed by atoms with E-state index < -0.39 is 0 Å². The minimum atomic E-state index is 0.836. The summed E-state index contributed by atoms with van der Waals surface area (Å²) in [5, 5.41) is 3.19. The van der Waals surface area contributed by atoms with Gasteiger partial charge in [0, 0.05) is 13.1 Å². The van der Waals surface area contributed by atoms with Crippen LogP contribution < -0.4 is 5.32 Å². The van der Waals surface area contributed by atoms with Gasteiger partial charge < -0.3 is 10.2 Å². The van der Waals surface area contributed by atoms with Crippen molar-refractivity contribution in [2.24, 2.45) is 5.92 Å². The van der Waals surface area contributed by atoms with Crippen LogP contribution in [0.1, 0.15) is 6.42 Å². The Morgan fingerprint density at radius 2 is 2.60 bits per heavy atom. The van der Waals surface area contributed by atoms with Crippen LogP contribution in [0, 0.1) is 5.92 Å². The summed E-state index contributed by atoms with van der Waals surface area (Å²) < 4.78 is 0. The fourth-order valence-electron chi connectivity index (χ4n) is 1.48. The summed E-state index contributed by atoms with van der Waals surface area (Å²) in [5.74, 6) is 0.836. The first-order chi connectivity index (χ1) is 4.86. The van der Waals surface area contributed by atoms with Crippen molar-refractivity contribution in [3.05, 3.63) is 12.8 Å². The van der Waals surface area contributed by atoms with E-state index in [2.05, 4.69) is 16.8 Å². The van der Waals surface area contributed by atoms with Gasteiger partial charge in [0.2, 0.25) is 0 Å². The molecular weight excluding hydrogens is 124 g/mol. The van der Waals surface area contributed by atoms with Crippen LogP contribution in [0.25, 0.3) is 0 Å². The highest BCUT2D eigenvalue weighted by Gasteiger charge is 2.18. The summed E-state index contributed by atoms with van der Waals surface area (Å²) in [6.45, 7) is 7.26. The smallest absolute Gasteiger partial charge is 0.0213 e. The molecule has 10 heavy (non-hydrogen) atoms. The second kappa shape index (κ2) is 3.62. The predicted molar refractivity (Wildman–Crippen MR) is 43.8 cm³/mol. The van der Waals surface area contributed by atoms with Gasteiger partial charge >= 0.3 is 0 Å². The van der Waals surface area contributed by atoms with E-state index in [-0.39, 0.29) is 0 Å². The Balaban J connectivity index is 2.21. The fraction of sp³-hybridized carbons (Fsp3) is 0.750. The lowest BCUT2D eigenvalue weighted by Crippen LogP contribution is -2.21. The lowest BCUT2D eigenvalue weighted by atomic mass is 10.1. The quantitative estimate of drug-likeness (QED) is 0.620. The second-order valence-electron chi connectivity index (χ2n) is 2.89. The fourth-order valence-corrected chi connectivity index (χ4v) is 1.48. The van der Waals surface area contributed by atoms with E-state index in [1.54, 1.807) is 0 Å². The Morgan fingerprint density at radius 3 is 3.10 bits per heavy atom. The third-order valence-electron chi connectivity index (χ3n) is 2.07. The number of nitrogens with zero attached hydrogens (tertiary/aromatic N) is 1. The van der Waals surface area contributed by atoms with Gasteiger partial charge in [0.15, 0.2) is 0 Å². The van der Waals surface area contributed by atoms with Crippen molar-refractivity contribution in [1.29, 1.82) is 0 Å². The molecule has 2 nitrogen and oxygen atoms in total. The second-order valence-corrected chi connectivity index (χ2v) is 2.89. The van der Waals surface area contributed by atoms with Crippen molar-refractivity contribution in [1.82, 2.24) is 10.2 Å². The molecule has 1 heterocycles. The normalized spacial score (nSPS) is 25.3. The molecule has 1 atom stereocenters. The number of hydrogen-bond acceptors (Lipinski definition) is 2. The molecule has 58 valence electrons. The minimum Gasteiger partial charge on any atom is -0.378 e. The summed E-state index contributed by atoms with van der Waals surface area (Å²) in [7, 11) is 2.01. The molecule has 1 saturated heterocycles. The van der Waals surface area contributed by atoms with Crippen molar-refractivity contribution in [2.45, 2.75) is 6.42 Å². The summed E-state index contributed by atoms with van der Waals surface area (Å²) in [4.78, 5) is 2.28. The van der Waals surface area contributed by atoms with Crippen LogP contribution in [0.2, 0.25) is 0 Å². The highest BCUT2D eigenvalue weighted by molar-refractivity contribution is 4.82. The molecule has 1 aliphatic heterocycles. The van der Waals surface area contributed by atoms with Crippen LogP contribution in [0.5, 0.6) is 0 Å². The first-order valence-corrected chi connectivity index (χ1v) is 3.88. The third-order valence-corrected chi connectivity index (χ3v) is 2.07. The molecule has 0 aromatic heterocycles. The largest absolute Gasteiger partial charge is 0.378 e. The van der Waals surface area contributed by atoms with Crippen molar-refractivity contribution in [2.75, 3.05) is 26.7 Å². The number of likely N-dealkylation sites (tertiary alicyclic amines) is 1. The van der Waals surface area contributed by atoms with Gasteiger partial charge in [-0.3, -0.25) is 0 Å². The summed E-state index contributed by atoms with van der Waals surface area (Å²) in [6, 6.07) is 0. The molecule has 0 bridgehead atoms. The number of hydrogen-bond donors (Lipinski definition) is 1. The van der Waals surface area contributed by atoms with Gasteiger partial charge in [0.05, 0.1) is 0 Å². The molecule has 0 amide bonds. The molecule has 1 unspecified atom stereocenters. The van der Waals surface area contributed by atoms with Gasteiger partial charge in [0.1, 0.15) is 0 Å². The molecule has 1 fully saturated rings. The van der Waals surface area contributed by atoms with E-state index in [1.165, 1.54) is 19.5 Å². The zero-order valence-electron chi connectivity index (χ0n) is 6.64. The Kier molecular flexibility index (Phi) is 2.75. The first-order valence-electron chi connectivity index (χ1n) is 3.88. The molecule has 1 rings (SSSR count). The molecule has 0 radical (unpaired) electrons. The molecule has 2 heteroatoms. The maximum absolute atomic E-state index is 3.74. The van der Waals surface area contributed by atoms with Gasteiger partial charge in [-0.1, -0.05) is 6.58 Å². The molecule has 1 N–H and O–H groups in total. The molecule has 0 saturated carbocycles.